The van der Waals surface area contributed by atoms with Crippen LogP contribution in [0.3, 0.4) is 0 Å². The Balaban J connectivity index is 1.51. The largest absolute Gasteiger partial charge is 0.336 e. The minimum absolute atomic E-state index is 0.122. The average molecular weight is 436 g/mol. The summed E-state index contributed by atoms with van der Waals surface area (Å²) in [4.78, 5) is 25.8. The molecule has 4 rings (SSSR count). The van der Waals surface area contributed by atoms with E-state index in [9.17, 15) is 22.4 Å². The van der Waals surface area contributed by atoms with Gasteiger partial charge >= 0.3 is 4.87 Å². The van der Waals surface area contributed by atoms with Crippen molar-refractivity contribution >= 4 is 37.5 Å². The number of sulfonamides is 1. The molecule has 0 atom stereocenters. The lowest BCUT2D eigenvalue weighted by Gasteiger charge is -2.34. The van der Waals surface area contributed by atoms with E-state index >= 15 is 0 Å². The summed E-state index contributed by atoms with van der Waals surface area (Å²) in [6.07, 6.45) is 0. The molecule has 0 N–H and O–H groups in total. The molecule has 1 saturated heterocycles. The van der Waals surface area contributed by atoms with Crippen LogP contribution in [0.4, 0.5) is 4.39 Å². The van der Waals surface area contributed by atoms with Gasteiger partial charge in [-0.25, -0.2) is 12.8 Å². The van der Waals surface area contributed by atoms with E-state index in [0.717, 1.165) is 11.3 Å². The van der Waals surface area contributed by atoms with Gasteiger partial charge in [0.05, 0.1) is 15.1 Å². The van der Waals surface area contributed by atoms with Gasteiger partial charge in [0.2, 0.25) is 10.0 Å². The Kier molecular flexibility index (Phi) is 5.01. The van der Waals surface area contributed by atoms with Gasteiger partial charge in [-0.2, -0.15) is 4.31 Å². The van der Waals surface area contributed by atoms with Crippen molar-refractivity contribution in [2.45, 2.75) is 4.90 Å². The molecule has 7 nitrogen and oxygen atoms in total. The van der Waals surface area contributed by atoms with Crippen LogP contribution in [0.25, 0.3) is 10.2 Å². The molecule has 0 saturated carbocycles. The molecule has 2 aromatic carbocycles. The Morgan fingerprint density at radius 2 is 1.79 bits per heavy atom. The Morgan fingerprint density at radius 3 is 2.48 bits per heavy atom. The molecule has 1 fully saturated rings. The Morgan fingerprint density at radius 1 is 1.07 bits per heavy atom. The zero-order valence-corrected chi connectivity index (χ0v) is 17.2. The van der Waals surface area contributed by atoms with Crippen LogP contribution in [0.2, 0.25) is 0 Å². The molecule has 152 valence electrons. The zero-order chi connectivity index (χ0) is 20.8. The van der Waals surface area contributed by atoms with E-state index in [1.807, 2.05) is 0 Å². The van der Waals surface area contributed by atoms with Crippen molar-refractivity contribution in [3.05, 3.63) is 63.5 Å². The van der Waals surface area contributed by atoms with Crippen LogP contribution in [-0.4, -0.2) is 54.3 Å². The highest BCUT2D eigenvalue weighted by atomic mass is 32.2. The summed E-state index contributed by atoms with van der Waals surface area (Å²) >= 11 is 1.000. The molecule has 0 unspecified atom stereocenters. The second-order valence-corrected chi connectivity index (χ2v) is 9.69. The molecular weight excluding hydrogens is 417 g/mol. The molecule has 1 aliphatic rings. The molecule has 2 heterocycles. The van der Waals surface area contributed by atoms with E-state index in [2.05, 4.69) is 0 Å². The van der Waals surface area contributed by atoms with E-state index in [4.69, 9.17) is 0 Å². The summed E-state index contributed by atoms with van der Waals surface area (Å²) in [5.74, 6) is -0.812. The molecule has 10 heteroatoms. The predicted molar refractivity (Wildman–Crippen MR) is 108 cm³/mol. The Labute approximate surface area is 170 Å². The van der Waals surface area contributed by atoms with E-state index < -0.39 is 15.8 Å². The van der Waals surface area contributed by atoms with Gasteiger partial charge in [-0.3, -0.25) is 9.59 Å². The van der Waals surface area contributed by atoms with Crippen molar-refractivity contribution in [3.8, 4) is 0 Å². The fraction of sp³-hybridized carbons (Fsp3) is 0.263. The molecule has 0 aliphatic carbocycles. The van der Waals surface area contributed by atoms with Crippen molar-refractivity contribution < 1.29 is 17.6 Å². The first-order valence-corrected chi connectivity index (χ1v) is 11.2. The number of thiazole rings is 1. The summed E-state index contributed by atoms with van der Waals surface area (Å²) in [6, 6.07) is 10.1. The summed E-state index contributed by atoms with van der Waals surface area (Å²) in [5, 5.41) is 0. The van der Waals surface area contributed by atoms with Crippen molar-refractivity contribution in [3.63, 3.8) is 0 Å². The maximum absolute atomic E-state index is 13.4. The normalized spacial score (nSPS) is 15.7. The highest BCUT2D eigenvalue weighted by Gasteiger charge is 2.31. The third-order valence-corrected chi connectivity index (χ3v) is 7.89. The monoisotopic (exact) mass is 435 g/mol. The van der Waals surface area contributed by atoms with Crippen LogP contribution in [-0.2, 0) is 17.1 Å². The van der Waals surface area contributed by atoms with Crippen LogP contribution < -0.4 is 4.87 Å². The van der Waals surface area contributed by atoms with Crippen LogP contribution in [0.15, 0.2) is 52.2 Å². The number of carbonyl (C=O) groups excluding carboxylic acids is 1. The van der Waals surface area contributed by atoms with Gasteiger partial charge in [0.1, 0.15) is 5.82 Å². The molecule has 0 spiro atoms. The van der Waals surface area contributed by atoms with Crippen LogP contribution >= 0.6 is 11.3 Å². The van der Waals surface area contributed by atoms with Crippen LogP contribution in [0.5, 0.6) is 0 Å². The summed E-state index contributed by atoms with van der Waals surface area (Å²) in [5.41, 5.74) is 0.926. The maximum atomic E-state index is 13.4. The molecule has 1 aliphatic heterocycles. The molecule has 29 heavy (non-hydrogen) atoms. The lowest BCUT2D eigenvalue weighted by molar-refractivity contribution is 0.0697. The number of benzene rings is 2. The van der Waals surface area contributed by atoms with Gasteiger partial charge in [0.15, 0.2) is 0 Å². The maximum Gasteiger partial charge on any atom is 0.307 e. The van der Waals surface area contributed by atoms with Gasteiger partial charge in [-0.15, -0.1) is 0 Å². The second kappa shape index (κ2) is 7.36. The van der Waals surface area contributed by atoms with Crippen molar-refractivity contribution in [2.24, 2.45) is 7.05 Å². The fourth-order valence-corrected chi connectivity index (χ4v) is 5.80. The number of hydrogen-bond donors (Lipinski definition) is 0. The summed E-state index contributed by atoms with van der Waals surface area (Å²) in [6.45, 7) is 0.726. The predicted octanol–water partition coefficient (Wildman–Crippen LogP) is 1.89. The first kappa shape index (κ1) is 19.7. The van der Waals surface area contributed by atoms with E-state index in [0.29, 0.717) is 10.2 Å². The van der Waals surface area contributed by atoms with Crippen LogP contribution in [0, 0.1) is 5.82 Å². The van der Waals surface area contributed by atoms with Gasteiger partial charge in [0, 0.05) is 38.8 Å². The minimum Gasteiger partial charge on any atom is -0.336 e. The number of carbonyl (C=O) groups is 1. The quantitative estimate of drug-likeness (QED) is 0.629. The summed E-state index contributed by atoms with van der Waals surface area (Å²) < 4.78 is 42.8. The van der Waals surface area contributed by atoms with Gasteiger partial charge in [-0.1, -0.05) is 17.4 Å². The third kappa shape index (κ3) is 3.59. The summed E-state index contributed by atoms with van der Waals surface area (Å²) in [7, 11) is -2.10. The van der Waals surface area contributed by atoms with Gasteiger partial charge in [0.25, 0.3) is 5.91 Å². The van der Waals surface area contributed by atoms with E-state index in [1.54, 1.807) is 13.1 Å². The SMILES string of the molecule is Cn1c(=O)sc2cc(S(=O)(=O)N3CCN(C(=O)c4cccc(F)c4)CC3)ccc21. The lowest BCUT2D eigenvalue weighted by atomic mass is 10.2. The number of piperazine rings is 1. The topological polar surface area (TPSA) is 79.7 Å². The Hall–Kier alpha value is -2.56. The number of fused-ring (bicyclic) bond motifs is 1. The molecule has 0 radical (unpaired) electrons. The zero-order valence-electron chi connectivity index (χ0n) is 15.5. The number of hydrogen-bond acceptors (Lipinski definition) is 5. The van der Waals surface area contributed by atoms with Crippen molar-refractivity contribution in [1.29, 1.82) is 0 Å². The number of aryl methyl sites for hydroxylation is 1. The highest BCUT2D eigenvalue weighted by Crippen LogP contribution is 2.24. The van der Waals surface area contributed by atoms with Crippen LogP contribution in [0.1, 0.15) is 10.4 Å². The minimum atomic E-state index is -3.75. The number of amides is 1. The third-order valence-electron chi connectivity index (χ3n) is 5.00. The number of aromatic nitrogens is 1. The number of nitrogens with zero attached hydrogens (tertiary/aromatic N) is 3. The molecule has 3 aromatic rings. The average Bonchev–Trinajstić information content (AvgIpc) is 3.00. The second-order valence-electron chi connectivity index (χ2n) is 6.76. The highest BCUT2D eigenvalue weighted by molar-refractivity contribution is 7.89. The smallest absolute Gasteiger partial charge is 0.307 e. The van der Waals surface area contributed by atoms with Gasteiger partial charge < -0.3 is 9.47 Å². The van der Waals surface area contributed by atoms with Gasteiger partial charge in [-0.05, 0) is 36.4 Å². The first-order chi connectivity index (χ1) is 13.8. The number of halogens is 1. The van der Waals surface area contributed by atoms with Crippen molar-refractivity contribution in [1.82, 2.24) is 13.8 Å². The molecule has 1 amide bonds. The molecular formula is C19H18FN3O4S2. The lowest BCUT2D eigenvalue weighted by Crippen LogP contribution is -2.50. The van der Waals surface area contributed by atoms with E-state index in [-0.39, 0.29) is 47.4 Å². The Bertz CT molecular complexity index is 1260. The fourth-order valence-electron chi connectivity index (χ4n) is 3.36. The van der Waals surface area contributed by atoms with E-state index in [1.165, 1.54) is 50.2 Å². The van der Waals surface area contributed by atoms with Crippen molar-refractivity contribution in [2.75, 3.05) is 26.2 Å². The number of rotatable bonds is 3. The molecule has 1 aromatic heterocycles. The standard InChI is InChI=1S/C19H18FN3O4S2/c1-21-16-6-5-15(12-17(16)28-19(21)25)29(26,27)23-9-7-22(8-10-23)18(24)13-3-2-4-14(20)11-13/h2-6,11-12H,7-10H2,1H3. The first-order valence-electron chi connectivity index (χ1n) is 8.92. The molecule has 0 bridgehead atoms.